The van der Waals surface area contributed by atoms with Gasteiger partial charge in [-0.15, -0.1) is 0 Å². The predicted octanol–water partition coefficient (Wildman–Crippen LogP) is 2.04. The Morgan fingerprint density at radius 3 is 2.68 bits per heavy atom. The van der Waals surface area contributed by atoms with Crippen molar-refractivity contribution in [3.05, 3.63) is 42.1 Å². The van der Waals surface area contributed by atoms with Gasteiger partial charge in [0.15, 0.2) is 6.19 Å². The van der Waals surface area contributed by atoms with Crippen molar-refractivity contribution in [1.29, 1.82) is 5.26 Å². The number of esters is 1. The Kier molecular flexibility index (Phi) is 4.88. The number of aryl methyl sites for hydroxylation is 1. The smallest absolute Gasteiger partial charge is 0.326 e. The van der Waals surface area contributed by atoms with Gasteiger partial charge in [0, 0.05) is 11.8 Å². The Bertz CT molecular complexity index is 698. The maximum absolute atomic E-state index is 11.3. The molecule has 0 aliphatic heterocycles. The van der Waals surface area contributed by atoms with Gasteiger partial charge in [0.2, 0.25) is 11.8 Å². The first-order chi connectivity index (χ1) is 10.6. The normalized spacial score (nSPS) is 9.68. The van der Waals surface area contributed by atoms with Crippen LogP contribution in [0.4, 0.5) is 5.95 Å². The molecule has 1 aromatic carbocycles. The lowest BCUT2D eigenvalue weighted by atomic mass is 10.3. The van der Waals surface area contributed by atoms with Gasteiger partial charge in [-0.25, -0.2) is 9.88 Å². The standard InChI is InChI=1S/C15H14N4O3/c1-11-8-13(22-12-6-4-3-5-7-12)18-15(17-11)19(10-16)9-14(20)21-2/h3-8H,9H2,1-2H3. The summed E-state index contributed by atoms with van der Waals surface area (Å²) in [5, 5.41) is 9.14. The van der Waals surface area contributed by atoms with Gasteiger partial charge < -0.3 is 9.47 Å². The Morgan fingerprint density at radius 1 is 1.32 bits per heavy atom. The molecule has 0 saturated carbocycles. The van der Waals surface area contributed by atoms with Crippen molar-refractivity contribution in [2.24, 2.45) is 0 Å². The molecule has 112 valence electrons. The molecule has 0 amide bonds. The highest BCUT2D eigenvalue weighted by atomic mass is 16.5. The van der Waals surface area contributed by atoms with E-state index >= 15 is 0 Å². The van der Waals surface area contributed by atoms with Gasteiger partial charge in [-0.3, -0.25) is 4.79 Å². The van der Waals surface area contributed by atoms with Crippen LogP contribution in [0.1, 0.15) is 5.69 Å². The summed E-state index contributed by atoms with van der Waals surface area (Å²) in [5.74, 6) is 0.429. The third kappa shape index (κ3) is 3.93. The Labute approximate surface area is 127 Å². The number of nitrogens with zero attached hydrogens (tertiary/aromatic N) is 4. The molecule has 0 aliphatic carbocycles. The zero-order valence-corrected chi connectivity index (χ0v) is 12.2. The van der Waals surface area contributed by atoms with Crippen LogP contribution >= 0.6 is 0 Å². The molecule has 0 fully saturated rings. The molecule has 0 bridgehead atoms. The fourth-order valence-corrected chi connectivity index (χ4v) is 1.65. The third-order valence-corrected chi connectivity index (χ3v) is 2.66. The van der Waals surface area contributed by atoms with Gasteiger partial charge in [0.1, 0.15) is 12.3 Å². The third-order valence-electron chi connectivity index (χ3n) is 2.66. The molecule has 1 heterocycles. The van der Waals surface area contributed by atoms with Crippen LogP contribution in [0.3, 0.4) is 0 Å². The van der Waals surface area contributed by atoms with Crippen LogP contribution in [0.2, 0.25) is 0 Å². The predicted molar refractivity (Wildman–Crippen MR) is 78.3 cm³/mol. The van der Waals surface area contributed by atoms with Crippen LogP contribution in [0, 0.1) is 18.4 Å². The van der Waals surface area contributed by atoms with Crippen LogP contribution in [-0.4, -0.2) is 29.6 Å². The summed E-state index contributed by atoms with van der Waals surface area (Å²) in [6.07, 6.45) is 1.85. The van der Waals surface area contributed by atoms with E-state index in [-0.39, 0.29) is 12.5 Å². The number of nitriles is 1. The highest BCUT2D eigenvalue weighted by molar-refractivity contribution is 5.75. The maximum Gasteiger partial charge on any atom is 0.326 e. The zero-order chi connectivity index (χ0) is 15.9. The molecule has 0 N–H and O–H groups in total. The topological polar surface area (TPSA) is 88.3 Å². The van der Waals surface area contributed by atoms with Gasteiger partial charge in [-0.2, -0.15) is 10.2 Å². The van der Waals surface area contributed by atoms with Crippen LogP contribution < -0.4 is 9.64 Å². The number of methoxy groups -OCH3 is 1. The quantitative estimate of drug-likeness (QED) is 0.474. The number of rotatable bonds is 5. The fourth-order valence-electron chi connectivity index (χ4n) is 1.65. The Balaban J connectivity index is 2.26. The van der Waals surface area contributed by atoms with Gasteiger partial charge in [-0.1, -0.05) is 18.2 Å². The summed E-state index contributed by atoms with van der Waals surface area (Å²) < 4.78 is 10.2. The highest BCUT2D eigenvalue weighted by Crippen LogP contribution is 2.21. The molecule has 7 nitrogen and oxygen atoms in total. The molecule has 0 unspecified atom stereocenters. The lowest BCUT2D eigenvalue weighted by molar-refractivity contribution is -0.138. The van der Waals surface area contributed by atoms with Crippen molar-refractivity contribution in [3.8, 4) is 17.8 Å². The number of carbonyl (C=O) groups is 1. The summed E-state index contributed by atoms with van der Waals surface area (Å²) in [6.45, 7) is 1.48. The van der Waals surface area contributed by atoms with E-state index in [1.807, 2.05) is 24.4 Å². The van der Waals surface area contributed by atoms with E-state index in [2.05, 4.69) is 14.7 Å². The van der Waals surface area contributed by atoms with Crippen molar-refractivity contribution in [2.75, 3.05) is 18.6 Å². The minimum Gasteiger partial charge on any atom is -0.468 e. The first-order valence-electron chi connectivity index (χ1n) is 6.45. The molecule has 1 aromatic heterocycles. The average molecular weight is 298 g/mol. The van der Waals surface area contributed by atoms with Crippen molar-refractivity contribution >= 4 is 11.9 Å². The maximum atomic E-state index is 11.3. The number of anilines is 1. The fraction of sp³-hybridized carbons (Fsp3) is 0.200. The molecule has 22 heavy (non-hydrogen) atoms. The van der Waals surface area contributed by atoms with Gasteiger partial charge in [0.05, 0.1) is 7.11 Å². The first-order valence-corrected chi connectivity index (χ1v) is 6.45. The number of para-hydroxylation sites is 1. The lowest BCUT2D eigenvalue weighted by Crippen LogP contribution is -2.27. The molecular formula is C15H14N4O3. The van der Waals surface area contributed by atoms with E-state index in [9.17, 15) is 4.79 Å². The second kappa shape index (κ2) is 7.04. The number of benzene rings is 1. The zero-order valence-electron chi connectivity index (χ0n) is 12.2. The molecule has 0 saturated heterocycles. The van der Waals surface area contributed by atoms with E-state index in [1.54, 1.807) is 25.1 Å². The van der Waals surface area contributed by atoms with Crippen LogP contribution in [0.15, 0.2) is 36.4 Å². The summed E-state index contributed by atoms with van der Waals surface area (Å²) in [6, 6.07) is 10.8. The van der Waals surface area contributed by atoms with Crippen LogP contribution in [-0.2, 0) is 9.53 Å². The van der Waals surface area contributed by atoms with E-state index < -0.39 is 5.97 Å². The highest BCUT2D eigenvalue weighted by Gasteiger charge is 2.16. The molecular weight excluding hydrogens is 284 g/mol. The largest absolute Gasteiger partial charge is 0.468 e. The molecule has 2 rings (SSSR count). The minimum absolute atomic E-state index is 0.0823. The molecule has 0 spiro atoms. The number of hydrogen-bond acceptors (Lipinski definition) is 7. The Hall–Kier alpha value is -3.14. The molecule has 0 radical (unpaired) electrons. The van der Waals surface area contributed by atoms with Crippen LogP contribution in [0.25, 0.3) is 0 Å². The van der Waals surface area contributed by atoms with E-state index in [4.69, 9.17) is 10.00 Å². The van der Waals surface area contributed by atoms with E-state index in [0.717, 1.165) is 4.90 Å². The molecule has 0 aliphatic rings. The molecule has 0 atom stereocenters. The molecule has 2 aromatic rings. The number of ether oxygens (including phenoxy) is 2. The molecule has 7 heteroatoms. The van der Waals surface area contributed by atoms with Gasteiger partial charge >= 0.3 is 5.97 Å². The first kappa shape index (κ1) is 15.3. The van der Waals surface area contributed by atoms with Crippen LogP contribution in [0.5, 0.6) is 11.6 Å². The van der Waals surface area contributed by atoms with Crippen molar-refractivity contribution in [3.63, 3.8) is 0 Å². The Morgan fingerprint density at radius 2 is 2.05 bits per heavy atom. The second-order valence-corrected chi connectivity index (χ2v) is 4.32. The average Bonchev–Trinajstić information content (AvgIpc) is 2.52. The van der Waals surface area contributed by atoms with Gasteiger partial charge in [-0.05, 0) is 19.1 Å². The number of carbonyl (C=O) groups excluding carboxylic acids is 1. The van der Waals surface area contributed by atoms with E-state index in [0.29, 0.717) is 17.3 Å². The summed E-state index contributed by atoms with van der Waals surface area (Å²) in [5.41, 5.74) is 0.612. The summed E-state index contributed by atoms with van der Waals surface area (Å²) >= 11 is 0. The number of hydrogen-bond donors (Lipinski definition) is 0. The SMILES string of the molecule is COC(=O)CN(C#N)c1nc(C)cc(Oc2ccccc2)n1. The van der Waals surface area contributed by atoms with Crippen molar-refractivity contribution in [2.45, 2.75) is 6.92 Å². The number of aromatic nitrogens is 2. The summed E-state index contributed by atoms with van der Waals surface area (Å²) in [7, 11) is 1.25. The van der Waals surface area contributed by atoms with Crippen molar-refractivity contribution in [1.82, 2.24) is 9.97 Å². The van der Waals surface area contributed by atoms with Gasteiger partial charge in [0.25, 0.3) is 0 Å². The minimum atomic E-state index is -0.558. The lowest BCUT2D eigenvalue weighted by Gasteiger charge is -2.14. The van der Waals surface area contributed by atoms with E-state index in [1.165, 1.54) is 7.11 Å². The second-order valence-electron chi connectivity index (χ2n) is 4.32. The summed E-state index contributed by atoms with van der Waals surface area (Å²) in [4.78, 5) is 20.6. The van der Waals surface area contributed by atoms with Crippen molar-refractivity contribution < 1.29 is 14.3 Å². The monoisotopic (exact) mass is 298 g/mol.